The first-order valence-corrected chi connectivity index (χ1v) is 5.75. The summed E-state index contributed by atoms with van der Waals surface area (Å²) in [6.45, 7) is 1.58. The standard InChI is InChI=1S/C14H17NO/c1-11(16)15-14-10-9-12-7-5-3-2-4-6-8-13(12)14/h2-8,13-14H,9-10H2,1H3,(H,15,16)/b4-2-,5-3-,8-6?,12-7-/t13?,14-/m0/s1. The van der Waals surface area contributed by atoms with E-state index >= 15 is 0 Å². The minimum Gasteiger partial charge on any atom is -0.353 e. The van der Waals surface area contributed by atoms with Crippen molar-refractivity contribution in [2.24, 2.45) is 5.92 Å². The van der Waals surface area contributed by atoms with Crippen LogP contribution < -0.4 is 5.32 Å². The Bertz CT molecular complexity index is 388. The zero-order chi connectivity index (χ0) is 11.4. The Hall–Kier alpha value is -1.57. The molecule has 0 spiro atoms. The summed E-state index contributed by atoms with van der Waals surface area (Å²) in [6.07, 6.45) is 16.7. The highest BCUT2D eigenvalue weighted by molar-refractivity contribution is 5.73. The third-order valence-electron chi connectivity index (χ3n) is 3.07. The molecule has 0 aromatic carbocycles. The molecule has 0 heterocycles. The summed E-state index contributed by atoms with van der Waals surface area (Å²) in [5, 5.41) is 3.03. The Morgan fingerprint density at radius 1 is 1.25 bits per heavy atom. The topological polar surface area (TPSA) is 29.1 Å². The summed E-state index contributed by atoms with van der Waals surface area (Å²) in [7, 11) is 0. The van der Waals surface area contributed by atoms with Crippen molar-refractivity contribution in [3.05, 3.63) is 48.1 Å². The van der Waals surface area contributed by atoms with Crippen molar-refractivity contribution in [2.75, 3.05) is 0 Å². The Balaban J connectivity index is 2.20. The molecule has 0 radical (unpaired) electrons. The zero-order valence-electron chi connectivity index (χ0n) is 9.52. The molecule has 1 fully saturated rings. The minimum absolute atomic E-state index is 0.0607. The quantitative estimate of drug-likeness (QED) is 0.715. The first-order valence-electron chi connectivity index (χ1n) is 5.75. The molecule has 84 valence electrons. The van der Waals surface area contributed by atoms with E-state index in [4.69, 9.17) is 0 Å². The maximum Gasteiger partial charge on any atom is 0.217 e. The average Bonchev–Trinajstić information content (AvgIpc) is 2.63. The van der Waals surface area contributed by atoms with Gasteiger partial charge in [-0.3, -0.25) is 4.79 Å². The lowest BCUT2D eigenvalue weighted by molar-refractivity contribution is -0.119. The van der Waals surface area contributed by atoms with Crippen molar-refractivity contribution >= 4 is 5.91 Å². The van der Waals surface area contributed by atoms with E-state index in [1.165, 1.54) is 5.57 Å². The second-order valence-electron chi connectivity index (χ2n) is 4.27. The van der Waals surface area contributed by atoms with Crippen LogP contribution in [-0.2, 0) is 4.79 Å². The van der Waals surface area contributed by atoms with Crippen LogP contribution >= 0.6 is 0 Å². The number of fused-ring (bicyclic) bond motifs is 1. The number of nitrogens with one attached hydrogen (secondary N) is 1. The first kappa shape index (κ1) is 10.9. The normalized spacial score (nSPS) is 34.9. The summed E-state index contributed by atoms with van der Waals surface area (Å²) in [4.78, 5) is 11.1. The van der Waals surface area contributed by atoms with Crippen LogP contribution in [-0.4, -0.2) is 11.9 Å². The van der Waals surface area contributed by atoms with E-state index in [0.29, 0.717) is 5.92 Å². The van der Waals surface area contributed by atoms with E-state index in [-0.39, 0.29) is 11.9 Å². The molecule has 2 heteroatoms. The molecular weight excluding hydrogens is 198 g/mol. The van der Waals surface area contributed by atoms with E-state index < -0.39 is 0 Å². The smallest absolute Gasteiger partial charge is 0.217 e. The van der Waals surface area contributed by atoms with Gasteiger partial charge >= 0.3 is 0 Å². The van der Waals surface area contributed by atoms with Gasteiger partial charge in [0.25, 0.3) is 0 Å². The van der Waals surface area contributed by atoms with E-state index in [9.17, 15) is 4.79 Å². The van der Waals surface area contributed by atoms with Crippen molar-refractivity contribution in [1.82, 2.24) is 5.32 Å². The summed E-state index contributed by atoms with van der Waals surface area (Å²) in [5.41, 5.74) is 1.41. The molecule has 0 aliphatic heterocycles. The van der Waals surface area contributed by atoms with E-state index in [0.717, 1.165) is 12.8 Å². The summed E-state index contributed by atoms with van der Waals surface area (Å²) >= 11 is 0. The highest BCUT2D eigenvalue weighted by Crippen LogP contribution is 2.33. The fourth-order valence-corrected chi connectivity index (χ4v) is 2.36. The lowest BCUT2D eigenvalue weighted by Crippen LogP contribution is -2.35. The second kappa shape index (κ2) is 4.97. The highest BCUT2D eigenvalue weighted by Gasteiger charge is 2.29. The number of carbonyl (C=O) groups excluding carboxylic acids is 1. The molecule has 2 aliphatic carbocycles. The lowest BCUT2D eigenvalue weighted by Gasteiger charge is -2.17. The first-order chi connectivity index (χ1) is 7.77. The molecule has 0 aromatic rings. The predicted octanol–water partition coefficient (Wildman–Crippen LogP) is 2.51. The van der Waals surface area contributed by atoms with Crippen LogP contribution in [0.25, 0.3) is 0 Å². The SMILES string of the molecule is CC(=O)N[C@H]1CC/C2=C/C=C\C=C/C=CC21. The van der Waals surface area contributed by atoms with Gasteiger partial charge in [0.15, 0.2) is 0 Å². The fourth-order valence-electron chi connectivity index (χ4n) is 2.36. The third kappa shape index (κ3) is 2.51. The van der Waals surface area contributed by atoms with Crippen LogP contribution in [0.5, 0.6) is 0 Å². The van der Waals surface area contributed by atoms with Crippen molar-refractivity contribution in [3.63, 3.8) is 0 Å². The summed E-state index contributed by atoms with van der Waals surface area (Å²) < 4.78 is 0. The van der Waals surface area contributed by atoms with Crippen LogP contribution in [0.2, 0.25) is 0 Å². The van der Waals surface area contributed by atoms with Gasteiger partial charge in [-0.2, -0.15) is 0 Å². The van der Waals surface area contributed by atoms with Crippen LogP contribution in [0.4, 0.5) is 0 Å². The fraction of sp³-hybridized carbons (Fsp3) is 0.357. The van der Waals surface area contributed by atoms with Gasteiger partial charge in [0.05, 0.1) is 0 Å². The van der Waals surface area contributed by atoms with Crippen LogP contribution in [0.15, 0.2) is 48.1 Å². The van der Waals surface area contributed by atoms with Gasteiger partial charge in [-0.15, -0.1) is 0 Å². The van der Waals surface area contributed by atoms with Crippen molar-refractivity contribution in [3.8, 4) is 0 Å². The van der Waals surface area contributed by atoms with Crippen molar-refractivity contribution in [2.45, 2.75) is 25.8 Å². The Labute approximate surface area is 96.4 Å². The molecule has 0 bridgehead atoms. The predicted molar refractivity (Wildman–Crippen MR) is 65.8 cm³/mol. The molecule has 2 atom stereocenters. The van der Waals surface area contributed by atoms with Crippen LogP contribution in [0.3, 0.4) is 0 Å². The minimum atomic E-state index is 0.0607. The molecule has 2 rings (SSSR count). The molecule has 2 nitrogen and oxygen atoms in total. The van der Waals surface area contributed by atoms with Crippen LogP contribution in [0, 0.1) is 5.92 Å². The van der Waals surface area contributed by atoms with Crippen molar-refractivity contribution < 1.29 is 4.79 Å². The van der Waals surface area contributed by atoms with Gasteiger partial charge in [0.1, 0.15) is 0 Å². The van der Waals surface area contributed by atoms with E-state index in [2.05, 4.69) is 29.6 Å². The number of hydrogen-bond acceptors (Lipinski definition) is 1. The molecule has 1 amide bonds. The van der Waals surface area contributed by atoms with Gasteiger partial charge in [-0.25, -0.2) is 0 Å². The number of amides is 1. The summed E-state index contributed by atoms with van der Waals surface area (Å²) in [5.74, 6) is 0.418. The molecule has 16 heavy (non-hydrogen) atoms. The monoisotopic (exact) mass is 215 g/mol. The Morgan fingerprint density at radius 3 is 2.81 bits per heavy atom. The molecule has 1 N–H and O–H groups in total. The van der Waals surface area contributed by atoms with Gasteiger partial charge in [0, 0.05) is 18.9 Å². The Morgan fingerprint density at radius 2 is 2.00 bits per heavy atom. The molecular formula is C14H17NO. The second-order valence-corrected chi connectivity index (χ2v) is 4.27. The number of carbonyl (C=O) groups is 1. The Kier molecular flexibility index (Phi) is 3.40. The molecule has 1 saturated carbocycles. The van der Waals surface area contributed by atoms with Gasteiger partial charge in [-0.05, 0) is 12.8 Å². The number of hydrogen-bond donors (Lipinski definition) is 1. The molecule has 0 aromatic heterocycles. The maximum absolute atomic E-state index is 11.1. The number of allylic oxidation sites excluding steroid dienone is 6. The van der Waals surface area contributed by atoms with Gasteiger partial charge < -0.3 is 5.32 Å². The largest absolute Gasteiger partial charge is 0.353 e. The van der Waals surface area contributed by atoms with E-state index in [1.54, 1.807) is 6.92 Å². The molecule has 2 aliphatic rings. The van der Waals surface area contributed by atoms with Crippen LogP contribution in [0.1, 0.15) is 19.8 Å². The maximum atomic E-state index is 11.1. The average molecular weight is 215 g/mol. The van der Waals surface area contributed by atoms with Gasteiger partial charge in [0.2, 0.25) is 5.91 Å². The zero-order valence-corrected chi connectivity index (χ0v) is 9.52. The lowest BCUT2D eigenvalue weighted by atomic mass is 9.98. The molecule has 0 saturated heterocycles. The number of rotatable bonds is 1. The highest BCUT2D eigenvalue weighted by atomic mass is 16.1. The molecule has 1 unspecified atom stereocenters. The third-order valence-corrected chi connectivity index (χ3v) is 3.07. The summed E-state index contributed by atoms with van der Waals surface area (Å²) in [6, 6.07) is 0.264. The van der Waals surface area contributed by atoms with E-state index in [1.807, 2.05) is 18.2 Å². The van der Waals surface area contributed by atoms with Crippen molar-refractivity contribution in [1.29, 1.82) is 0 Å². The van der Waals surface area contributed by atoms with Gasteiger partial charge in [-0.1, -0.05) is 48.1 Å².